The molecule has 1 aromatic rings. The minimum absolute atomic E-state index is 0.000318. The van der Waals surface area contributed by atoms with E-state index >= 15 is 0 Å². The highest BCUT2D eigenvalue weighted by atomic mass is 32.1. The Hall–Kier alpha value is -0.870. The monoisotopic (exact) mass is 241 g/mol. The van der Waals surface area contributed by atoms with Crippen LogP contribution in [0.1, 0.15) is 37.6 Å². The van der Waals surface area contributed by atoms with Crippen molar-refractivity contribution < 1.29 is 9.53 Å². The van der Waals surface area contributed by atoms with Gasteiger partial charge in [-0.3, -0.25) is 4.79 Å². The molecular weight excluding hydrogens is 222 g/mol. The van der Waals surface area contributed by atoms with Gasteiger partial charge in [0, 0.05) is 10.9 Å². The van der Waals surface area contributed by atoms with E-state index in [2.05, 4.69) is 4.74 Å². The maximum atomic E-state index is 11.2. The molecule has 0 aliphatic heterocycles. The molecular formula is C12H19NO2S. The fourth-order valence-electron chi connectivity index (χ4n) is 1.73. The largest absolute Gasteiger partial charge is 0.469 e. The number of ether oxygens (including phenoxy) is 1. The first kappa shape index (κ1) is 13.2. The van der Waals surface area contributed by atoms with Gasteiger partial charge in [0.05, 0.1) is 13.5 Å². The Morgan fingerprint density at radius 2 is 2.31 bits per heavy atom. The van der Waals surface area contributed by atoms with E-state index in [0.717, 1.165) is 11.3 Å². The predicted octanol–water partition coefficient (Wildman–Crippen LogP) is 2.73. The van der Waals surface area contributed by atoms with Crippen LogP contribution in [0.3, 0.4) is 0 Å². The molecule has 1 aromatic heterocycles. The molecule has 0 saturated carbocycles. The Kier molecular flexibility index (Phi) is 4.50. The van der Waals surface area contributed by atoms with Crippen molar-refractivity contribution in [2.24, 2.45) is 11.1 Å². The number of nitrogens with two attached hydrogens (primary N) is 1. The summed E-state index contributed by atoms with van der Waals surface area (Å²) in [6.07, 6.45) is 1.19. The van der Waals surface area contributed by atoms with Gasteiger partial charge in [0.15, 0.2) is 0 Å². The highest BCUT2D eigenvalue weighted by molar-refractivity contribution is 7.10. The molecule has 3 nitrogen and oxygen atoms in total. The molecule has 0 aliphatic carbocycles. The Balaban J connectivity index is 2.55. The van der Waals surface area contributed by atoms with Crippen LogP contribution in [0.4, 0.5) is 0 Å². The lowest BCUT2D eigenvalue weighted by Gasteiger charge is -2.26. The average molecular weight is 241 g/mol. The molecule has 4 heteroatoms. The number of thiophene rings is 1. The quantitative estimate of drug-likeness (QED) is 0.806. The number of carbonyl (C=O) groups is 1. The zero-order chi connectivity index (χ0) is 12.2. The van der Waals surface area contributed by atoms with Crippen molar-refractivity contribution in [2.75, 3.05) is 7.11 Å². The second-order valence-electron chi connectivity index (χ2n) is 4.74. The van der Waals surface area contributed by atoms with Crippen LogP contribution in [0.5, 0.6) is 0 Å². The van der Waals surface area contributed by atoms with E-state index in [1.54, 1.807) is 11.3 Å². The van der Waals surface area contributed by atoms with Crippen molar-refractivity contribution in [3.05, 3.63) is 22.4 Å². The van der Waals surface area contributed by atoms with Gasteiger partial charge in [0.2, 0.25) is 0 Å². The van der Waals surface area contributed by atoms with E-state index in [4.69, 9.17) is 5.73 Å². The Bertz CT molecular complexity index is 333. The molecule has 0 radical (unpaired) electrons. The second-order valence-corrected chi connectivity index (χ2v) is 5.72. The number of carbonyl (C=O) groups excluding carboxylic acids is 1. The molecule has 2 N–H and O–H groups in total. The molecule has 0 amide bonds. The van der Waals surface area contributed by atoms with Gasteiger partial charge in [-0.25, -0.2) is 0 Å². The first-order valence-corrected chi connectivity index (χ1v) is 6.18. The molecule has 1 rings (SSSR count). The fourth-order valence-corrected chi connectivity index (χ4v) is 2.46. The summed E-state index contributed by atoms with van der Waals surface area (Å²) in [7, 11) is 1.41. The highest BCUT2D eigenvalue weighted by Gasteiger charge is 2.26. The van der Waals surface area contributed by atoms with E-state index in [-0.39, 0.29) is 17.4 Å². The third-order valence-electron chi connectivity index (χ3n) is 2.53. The molecule has 0 saturated heterocycles. The number of hydrogen-bond donors (Lipinski definition) is 1. The third-order valence-corrected chi connectivity index (χ3v) is 3.54. The molecule has 16 heavy (non-hydrogen) atoms. The smallest absolute Gasteiger partial charge is 0.306 e. The number of methoxy groups -OCH3 is 1. The van der Waals surface area contributed by atoms with Crippen LogP contribution < -0.4 is 5.73 Å². The zero-order valence-electron chi connectivity index (χ0n) is 10.0. The topological polar surface area (TPSA) is 52.3 Å². The van der Waals surface area contributed by atoms with Gasteiger partial charge in [-0.15, -0.1) is 11.3 Å². The van der Waals surface area contributed by atoms with Gasteiger partial charge in [-0.05, 0) is 23.3 Å². The summed E-state index contributed by atoms with van der Waals surface area (Å²) < 4.78 is 4.68. The molecule has 90 valence electrons. The van der Waals surface area contributed by atoms with Crippen LogP contribution in [0.2, 0.25) is 0 Å². The molecule has 0 aromatic carbocycles. The fraction of sp³-hybridized carbons (Fsp3) is 0.583. The molecule has 0 bridgehead atoms. The summed E-state index contributed by atoms with van der Waals surface area (Å²) in [4.78, 5) is 12.4. The van der Waals surface area contributed by atoms with Gasteiger partial charge in [0.1, 0.15) is 0 Å². The Labute approximate surface area is 101 Å². The summed E-state index contributed by atoms with van der Waals surface area (Å²) >= 11 is 1.66. The molecule has 1 unspecified atom stereocenters. The Morgan fingerprint density at radius 1 is 1.62 bits per heavy atom. The molecule has 0 spiro atoms. The van der Waals surface area contributed by atoms with E-state index in [1.165, 1.54) is 7.11 Å². The lowest BCUT2D eigenvalue weighted by atomic mass is 9.82. The van der Waals surface area contributed by atoms with Crippen molar-refractivity contribution >= 4 is 17.3 Å². The van der Waals surface area contributed by atoms with Gasteiger partial charge >= 0.3 is 5.97 Å². The highest BCUT2D eigenvalue weighted by Crippen LogP contribution is 2.33. The van der Waals surface area contributed by atoms with E-state index in [0.29, 0.717) is 6.42 Å². The summed E-state index contributed by atoms with van der Waals surface area (Å²) in [6, 6.07) is 4.02. The maximum Gasteiger partial charge on any atom is 0.306 e. The van der Waals surface area contributed by atoms with Crippen molar-refractivity contribution in [1.82, 2.24) is 0 Å². The van der Waals surface area contributed by atoms with Gasteiger partial charge in [-0.1, -0.05) is 19.9 Å². The molecule has 0 aliphatic rings. The van der Waals surface area contributed by atoms with Crippen LogP contribution >= 0.6 is 11.3 Å². The van der Waals surface area contributed by atoms with E-state index in [1.807, 2.05) is 31.4 Å². The van der Waals surface area contributed by atoms with Crippen LogP contribution in [-0.2, 0) is 9.53 Å². The van der Waals surface area contributed by atoms with Crippen LogP contribution in [-0.4, -0.2) is 13.1 Å². The summed E-state index contributed by atoms with van der Waals surface area (Å²) in [6.45, 7) is 4.08. The van der Waals surface area contributed by atoms with Crippen LogP contribution in [0.25, 0.3) is 0 Å². The maximum absolute atomic E-state index is 11.2. The van der Waals surface area contributed by atoms with Crippen molar-refractivity contribution in [2.45, 2.75) is 32.7 Å². The molecule has 1 atom stereocenters. The average Bonchev–Trinajstić information content (AvgIpc) is 2.68. The summed E-state index contributed by atoms with van der Waals surface area (Å²) in [5.74, 6) is -0.177. The first-order chi connectivity index (χ1) is 7.44. The number of esters is 1. The molecule has 0 fully saturated rings. The predicted molar refractivity (Wildman–Crippen MR) is 66.3 cm³/mol. The first-order valence-electron chi connectivity index (χ1n) is 5.30. The third kappa shape index (κ3) is 3.94. The van der Waals surface area contributed by atoms with Crippen LogP contribution in [0, 0.1) is 5.41 Å². The lowest BCUT2D eigenvalue weighted by Crippen LogP contribution is -2.24. The van der Waals surface area contributed by atoms with Crippen LogP contribution in [0.15, 0.2) is 17.5 Å². The normalized spacial score (nSPS) is 13.5. The van der Waals surface area contributed by atoms with Crippen molar-refractivity contribution in [1.29, 1.82) is 0 Å². The minimum atomic E-state index is -0.177. The Morgan fingerprint density at radius 3 is 2.81 bits per heavy atom. The minimum Gasteiger partial charge on any atom is -0.469 e. The van der Waals surface area contributed by atoms with Gasteiger partial charge in [-0.2, -0.15) is 0 Å². The van der Waals surface area contributed by atoms with Gasteiger partial charge in [0.25, 0.3) is 0 Å². The standard InChI is InChI=1S/C12H19NO2S/c1-12(2,8-11(14)15-3)7-9(13)10-5-4-6-16-10/h4-6,9H,7-8,13H2,1-3H3. The summed E-state index contributed by atoms with van der Waals surface area (Å²) in [5.41, 5.74) is 5.97. The lowest BCUT2D eigenvalue weighted by molar-refractivity contribution is -0.143. The second kappa shape index (κ2) is 5.46. The van der Waals surface area contributed by atoms with E-state index < -0.39 is 0 Å². The zero-order valence-corrected chi connectivity index (χ0v) is 10.8. The van der Waals surface area contributed by atoms with E-state index in [9.17, 15) is 4.79 Å². The van der Waals surface area contributed by atoms with Crippen molar-refractivity contribution in [3.63, 3.8) is 0 Å². The number of rotatable bonds is 5. The SMILES string of the molecule is COC(=O)CC(C)(C)CC(N)c1cccs1. The van der Waals surface area contributed by atoms with Crippen molar-refractivity contribution in [3.8, 4) is 0 Å². The molecule has 1 heterocycles. The van der Waals surface area contributed by atoms with Gasteiger partial charge < -0.3 is 10.5 Å². The summed E-state index contributed by atoms with van der Waals surface area (Å²) in [5, 5.41) is 2.02. The number of hydrogen-bond acceptors (Lipinski definition) is 4.